The van der Waals surface area contributed by atoms with Crippen molar-refractivity contribution in [3.8, 4) is 0 Å². The molecule has 0 fully saturated rings. The maximum absolute atomic E-state index is 11.0. The van der Waals surface area contributed by atoms with Crippen LogP contribution in [0.1, 0.15) is 33.1 Å². The summed E-state index contributed by atoms with van der Waals surface area (Å²) in [5.74, 6) is 1.91. The highest BCUT2D eigenvalue weighted by atomic mass is 32.2. The monoisotopic (exact) mass is 190 g/mol. The Morgan fingerprint density at radius 3 is 2.75 bits per heavy atom. The van der Waals surface area contributed by atoms with Gasteiger partial charge in [-0.3, -0.25) is 4.79 Å². The molecule has 0 aliphatic rings. The van der Waals surface area contributed by atoms with E-state index in [2.05, 4.69) is 13.8 Å². The molecule has 0 saturated carbocycles. The van der Waals surface area contributed by atoms with Gasteiger partial charge in [0, 0.05) is 5.75 Å². The van der Waals surface area contributed by atoms with E-state index >= 15 is 0 Å². The van der Waals surface area contributed by atoms with Gasteiger partial charge in [0.2, 0.25) is 0 Å². The Bertz CT molecular complexity index is 103. The van der Waals surface area contributed by atoms with Crippen molar-refractivity contribution in [3.63, 3.8) is 0 Å². The average Bonchev–Trinajstić information content (AvgIpc) is 2.06. The van der Waals surface area contributed by atoms with Crippen LogP contribution in [0.5, 0.6) is 0 Å². The van der Waals surface area contributed by atoms with E-state index in [1.807, 2.05) is 0 Å². The topological polar surface area (TPSA) is 26.3 Å². The van der Waals surface area contributed by atoms with Gasteiger partial charge in [-0.15, -0.1) is 0 Å². The Morgan fingerprint density at radius 2 is 2.17 bits per heavy atom. The fourth-order valence-electron chi connectivity index (χ4n) is 0.702. The zero-order valence-electron chi connectivity index (χ0n) is 7.97. The molecule has 0 radical (unpaired) electrons. The van der Waals surface area contributed by atoms with E-state index in [9.17, 15) is 4.79 Å². The highest BCUT2D eigenvalue weighted by molar-refractivity contribution is 7.99. The summed E-state index contributed by atoms with van der Waals surface area (Å²) in [6.45, 7) is 4.76. The van der Waals surface area contributed by atoms with Gasteiger partial charge in [0.05, 0.1) is 13.0 Å². The molecule has 0 spiro atoms. The molecule has 0 amide bonds. The van der Waals surface area contributed by atoms with Gasteiger partial charge in [-0.2, -0.15) is 11.8 Å². The van der Waals surface area contributed by atoms with Gasteiger partial charge in [0.15, 0.2) is 0 Å². The van der Waals surface area contributed by atoms with Crippen molar-refractivity contribution in [1.29, 1.82) is 0 Å². The lowest BCUT2D eigenvalue weighted by Gasteiger charge is -2.02. The third kappa shape index (κ3) is 7.92. The maximum Gasteiger partial charge on any atom is 0.306 e. The van der Waals surface area contributed by atoms with Crippen LogP contribution in [0.3, 0.4) is 0 Å². The number of ether oxygens (including phenoxy) is 1. The molecule has 0 aromatic rings. The summed E-state index contributed by atoms with van der Waals surface area (Å²) in [5.41, 5.74) is 0. The smallest absolute Gasteiger partial charge is 0.306 e. The van der Waals surface area contributed by atoms with Crippen LogP contribution in [0.25, 0.3) is 0 Å². The fraction of sp³-hybridized carbons (Fsp3) is 0.889. The van der Waals surface area contributed by atoms with Crippen LogP contribution in [-0.4, -0.2) is 24.1 Å². The molecule has 12 heavy (non-hydrogen) atoms. The molecule has 0 rings (SSSR count). The lowest BCUT2D eigenvalue weighted by Crippen LogP contribution is -2.06. The van der Waals surface area contributed by atoms with Gasteiger partial charge in [0.1, 0.15) is 0 Å². The molecular weight excluding hydrogens is 172 g/mol. The Morgan fingerprint density at radius 1 is 1.42 bits per heavy atom. The molecule has 0 aromatic heterocycles. The van der Waals surface area contributed by atoms with Crippen LogP contribution < -0.4 is 0 Å². The number of thioether (sulfide) groups is 1. The van der Waals surface area contributed by atoms with Gasteiger partial charge < -0.3 is 4.74 Å². The van der Waals surface area contributed by atoms with Crippen molar-refractivity contribution < 1.29 is 9.53 Å². The molecule has 0 aliphatic heterocycles. The molecule has 72 valence electrons. The van der Waals surface area contributed by atoms with Crippen molar-refractivity contribution in [1.82, 2.24) is 0 Å². The number of carbonyl (C=O) groups excluding carboxylic acids is 1. The largest absolute Gasteiger partial charge is 0.466 e. The lowest BCUT2D eigenvalue weighted by molar-refractivity contribution is -0.143. The number of unbranched alkanes of at least 4 members (excludes halogenated alkanes) is 1. The second kappa shape index (κ2) is 8.91. The first-order valence-corrected chi connectivity index (χ1v) is 5.70. The first-order chi connectivity index (χ1) is 5.81. The van der Waals surface area contributed by atoms with Crippen molar-refractivity contribution in [3.05, 3.63) is 0 Å². The molecule has 0 bridgehead atoms. The van der Waals surface area contributed by atoms with E-state index in [1.54, 1.807) is 11.8 Å². The third-order valence-corrected chi connectivity index (χ3v) is 2.32. The van der Waals surface area contributed by atoms with Gasteiger partial charge in [-0.05, 0) is 12.2 Å². The molecule has 0 N–H and O–H groups in total. The van der Waals surface area contributed by atoms with E-state index in [0.29, 0.717) is 13.0 Å². The normalized spacial score (nSPS) is 9.83. The minimum atomic E-state index is -0.0515. The summed E-state index contributed by atoms with van der Waals surface area (Å²) in [6.07, 6.45) is 2.62. The lowest BCUT2D eigenvalue weighted by atomic mass is 10.4. The van der Waals surface area contributed by atoms with E-state index in [-0.39, 0.29) is 5.97 Å². The number of hydrogen-bond donors (Lipinski definition) is 0. The van der Waals surface area contributed by atoms with Crippen LogP contribution in [0.4, 0.5) is 0 Å². The number of rotatable bonds is 7. The first kappa shape index (κ1) is 11.8. The third-order valence-electron chi connectivity index (χ3n) is 1.42. The first-order valence-electron chi connectivity index (χ1n) is 4.54. The van der Waals surface area contributed by atoms with E-state index in [4.69, 9.17) is 4.74 Å². The molecule has 0 heterocycles. The van der Waals surface area contributed by atoms with Crippen molar-refractivity contribution in [2.45, 2.75) is 33.1 Å². The molecule has 0 saturated heterocycles. The summed E-state index contributed by atoms with van der Waals surface area (Å²) in [6, 6.07) is 0. The van der Waals surface area contributed by atoms with E-state index in [0.717, 1.165) is 24.3 Å². The standard InChI is InChI=1S/C9H18O2S/c1-3-5-7-11-9(10)6-8-12-4-2/h3-8H2,1-2H3. The zero-order chi connectivity index (χ0) is 9.23. The SMILES string of the molecule is CCCCOC(=O)CCSCC. The second-order valence-electron chi connectivity index (χ2n) is 2.52. The number of carbonyl (C=O) groups is 1. The van der Waals surface area contributed by atoms with Crippen molar-refractivity contribution >= 4 is 17.7 Å². The minimum Gasteiger partial charge on any atom is -0.466 e. The predicted octanol–water partition coefficient (Wildman–Crippen LogP) is 2.47. The van der Waals surface area contributed by atoms with Crippen molar-refractivity contribution in [2.75, 3.05) is 18.1 Å². The predicted molar refractivity (Wildman–Crippen MR) is 53.5 cm³/mol. The van der Waals surface area contributed by atoms with E-state index < -0.39 is 0 Å². The van der Waals surface area contributed by atoms with E-state index in [1.165, 1.54) is 0 Å². The van der Waals surface area contributed by atoms with Gasteiger partial charge >= 0.3 is 5.97 Å². The molecule has 2 nitrogen and oxygen atoms in total. The summed E-state index contributed by atoms with van der Waals surface area (Å²) >= 11 is 1.77. The zero-order valence-corrected chi connectivity index (χ0v) is 8.78. The minimum absolute atomic E-state index is 0.0515. The Kier molecular flexibility index (Phi) is 8.78. The average molecular weight is 190 g/mol. The maximum atomic E-state index is 11.0. The summed E-state index contributed by atoms with van der Waals surface area (Å²) < 4.78 is 4.98. The summed E-state index contributed by atoms with van der Waals surface area (Å²) in [5, 5.41) is 0. The van der Waals surface area contributed by atoms with Crippen LogP contribution in [-0.2, 0) is 9.53 Å². The number of hydrogen-bond acceptors (Lipinski definition) is 3. The highest BCUT2D eigenvalue weighted by Crippen LogP contribution is 2.02. The summed E-state index contributed by atoms with van der Waals surface area (Å²) in [4.78, 5) is 11.0. The Balaban J connectivity index is 3.10. The molecular formula is C9H18O2S. The second-order valence-corrected chi connectivity index (χ2v) is 3.91. The summed E-state index contributed by atoms with van der Waals surface area (Å²) in [7, 11) is 0. The molecule has 0 aliphatic carbocycles. The van der Waals surface area contributed by atoms with Crippen LogP contribution in [0, 0.1) is 0 Å². The van der Waals surface area contributed by atoms with Crippen LogP contribution >= 0.6 is 11.8 Å². The van der Waals surface area contributed by atoms with Gasteiger partial charge in [-0.25, -0.2) is 0 Å². The fourth-order valence-corrected chi connectivity index (χ4v) is 1.30. The molecule has 0 unspecified atom stereocenters. The Hall–Kier alpha value is -0.180. The quantitative estimate of drug-likeness (QED) is 0.455. The highest BCUT2D eigenvalue weighted by Gasteiger charge is 2.00. The number of esters is 1. The van der Waals surface area contributed by atoms with Crippen molar-refractivity contribution in [2.24, 2.45) is 0 Å². The molecule has 0 atom stereocenters. The Labute approximate surface area is 79.1 Å². The van der Waals surface area contributed by atoms with Gasteiger partial charge in [-0.1, -0.05) is 20.3 Å². The van der Waals surface area contributed by atoms with Crippen LogP contribution in [0.15, 0.2) is 0 Å². The van der Waals surface area contributed by atoms with Gasteiger partial charge in [0.25, 0.3) is 0 Å². The molecule has 0 aromatic carbocycles. The van der Waals surface area contributed by atoms with Crippen LogP contribution in [0.2, 0.25) is 0 Å². The molecule has 3 heteroatoms.